The highest BCUT2D eigenvalue weighted by Crippen LogP contribution is 2.34. The molecule has 0 fully saturated rings. The Morgan fingerprint density at radius 1 is 0.618 bits per heavy atom. The summed E-state index contributed by atoms with van der Waals surface area (Å²) >= 11 is 0. The molecule has 1 aromatic heterocycles. The number of rotatable bonds is 6. The standard InChI is InChI=1S/C27H17NO6/c29-26(30)20-5-3-18-14-22(9-7-16(18)12-20)33-24-2-1-11-28-25(24)34-23-10-8-17-13-21(27(31)32)6-4-19(17)15-23/h1-15H,(H,29,30)(H,31,32). The summed E-state index contributed by atoms with van der Waals surface area (Å²) in [7, 11) is 0. The Morgan fingerprint density at radius 2 is 1.12 bits per heavy atom. The topological polar surface area (TPSA) is 106 Å². The van der Waals surface area contributed by atoms with E-state index in [2.05, 4.69) is 4.98 Å². The number of benzene rings is 4. The monoisotopic (exact) mass is 451 g/mol. The maximum absolute atomic E-state index is 11.2. The molecule has 0 saturated carbocycles. The van der Waals surface area contributed by atoms with Crippen molar-refractivity contribution in [3.05, 3.63) is 102 Å². The highest BCUT2D eigenvalue weighted by molar-refractivity contribution is 5.95. The van der Waals surface area contributed by atoms with Gasteiger partial charge in [0.2, 0.25) is 0 Å². The molecule has 0 amide bonds. The van der Waals surface area contributed by atoms with Crippen LogP contribution in [0.15, 0.2) is 91.1 Å². The minimum absolute atomic E-state index is 0.219. The van der Waals surface area contributed by atoms with Gasteiger partial charge in [0.05, 0.1) is 11.1 Å². The van der Waals surface area contributed by atoms with Crippen molar-refractivity contribution in [2.24, 2.45) is 0 Å². The molecule has 0 radical (unpaired) electrons. The Balaban J connectivity index is 1.41. The summed E-state index contributed by atoms with van der Waals surface area (Å²) in [5, 5.41) is 21.6. The van der Waals surface area contributed by atoms with Gasteiger partial charge in [-0.3, -0.25) is 0 Å². The number of carboxylic acid groups (broad SMARTS) is 2. The molecule has 166 valence electrons. The Labute approximate surface area is 193 Å². The number of carboxylic acids is 2. The average Bonchev–Trinajstić information content (AvgIpc) is 2.84. The van der Waals surface area contributed by atoms with E-state index in [0.29, 0.717) is 17.2 Å². The number of fused-ring (bicyclic) bond motifs is 2. The number of hydrogen-bond donors (Lipinski definition) is 2. The van der Waals surface area contributed by atoms with Gasteiger partial charge in [-0.2, -0.15) is 0 Å². The van der Waals surface area contributed by atoms with Crippen molar-refractivity contribution >= 4 is 33.5 Å². The zero-order valence-corrected chi connectivity index (χ0v) is 17.6. The summed E-state index contributed by atoms with van der Waals surface area (Å²) in [5.74, 6) is -0.202. The van der Waals surface area contributed by atoms with Gasteiger partial charge in [0.1, 0.15) is 11.5 Å². The van der Waals surface area contributed by atoms with Gasteiger partial charge in [-0.25, -0.2) is 14.6 Å². The second-order valence-electron chi connectivity index (χ2n) is 7.57. The molecule has 34 heavy (non-hydrogen) atoms. The fourth-order valence-electron chi connectivity index (χ4n) is 3.61. The van der Waals surface area contributed by atoms with Crippen molar-refractivity contribution in [3.8, 4) is 23.1 Å². The number of hydrogen-bond acceptors (Lipinski definition) is 5. The lowest BCUT2D eigenvalue weighted by Gasteiger charge is -2.12. The zero-order chi connectivity index (χ0) is 23.7. The SMILES string of the molecule is O=C(O)c1ccc2cc(Oc3cccnc3Oc3ccc4cc(C(=O)O)ccc4c3)ccc2c1. The zero-order valence-electron chi connectivity index (χ0n) is 17.6. The van der Waals surface area contributed by atoms with E-state index >= 15 is 0 Å². The van der Waals surface area contributed by atoms with E-state index in [0.717, 1.165) is 21.5 Å². The van der Waals surface area contributed by atoms with Gasteiger partial charge in [0.15, 0.2) is 5.75 Å². The van der Waals surface area contributed by atoms with Crippen molar-refractivity contribution in [1.82, 2.24) is 4.98 Å². The minimum Gasteiger partial charge on any atom is -0.478 e. The van der Waals surface area contributed by atoms with Gasteiger partial charge in [-0.05, 0) is 82.2 Å². The summed E-state index contributed by atoms with van der Waals surface area (Å²) in [5.41, 5.74) is 0.440. The van der Waals surface area contributed by atoms with Gasteiger partial charge in [0.25, 0.3) is 5.88 Å². The molecular formula is C27H17NO6. The molecule has 0 bridgehead atoms. The third-order valence-electron chi connectivity index (χ3n) is 5.30. The third-order valence-corrected chi connectivity index (χ3v) is 5.30. The van der Waals surface area contributed by atoms with Gasteiger partial charge < -0.3 is 19.7 Å². The van der Waals surface area contributed by atoms with Crippen molar-refractivity contribution < 1.29 is 29.3 Å². The molecule has 4 aromatic carbocycles. The van der Waals surface area contributed by atoms with E-state index in [1.165, 1.54) is 0 Å². The van der Waals surface area contributed by atoms with Crippen LogP contribution in [0, 0.1) is 0 Å². The third kappa shape index (κ3) is 4.22. The lowest BCUT2D eigenvalue weighted by Crippen LogP contribution is -1.96. The summed E-state index contributed by atoms with van der Waals surface area (Å²) in [6, 6.07) is 23.9. The average molecular weight is 451 g/mol. The van der Waals surface area contributed by atoms with Crippen LogP contribution in [0.4, 0.5) is 0 Å². The first kappa shape index (κ1) is 21.0. The van der Waals surface area contributed by atoms with Crippen LogP contribution in [0.3, 0.4) is 0 Å². The number of carbonyl (C=O) groups is 2. The molecule has 0 atom stereocenters. The van der Waals surface area contributed by atoms with E-state index in [9.17, 15) is 9.59 Å². The highest BCUT2D eigenvalue weighted by Gasteiger charge is 2.11. The molecule has 5 rings (SSSR count). The van der Waals surface area contributed by atoms with Gasteiger partial charge in [-0.1, -0.05) is 24.3 Å². The molecule has 1 heterocycles. The smallest absolute Gasteiger partial charge is 0.335 e. The summed E-state index contributed by atoms with van der Waals surface area (Å²) in [4.78, 5) is 26.7. The predicted molar refractivity (Wildman–Crippen MR) is 126 cm³/mol. The van der Waals surface area contributed by atoms with Crippen LogP contribution in [0.2, 0.25) is 0 Å². The van der Waals surface area contributed by atoms with Crippen LogP contribution >= 0.6 is 0 Å². The lowest BCUT2D eigenvalue weighted by molar-refractivity contribution is 0.0686. The molecule has 7 nitrogen and oxygen atoms in total. The van der Waals surface area contributed by atoms with E-state index in [1.54, 1.807) is 85.1 Å². The number of pyridine rings is 1. The molecule has 0 saturated heterocycles. The fourth-order valence-corrected chi connectivity index (χ4v) is 3.61. The van der Waals surface area contributed by atoms with Crippen LogP contribution in [0.25, 0.3) is 21.5 Å². The van der Waals surface area contributed by atoms with Crippen molar-refractivity contribution in [2.45, 2.75) is 0 Å². The summed E-state index contributed by atoms with van der Waals surface area (Å²) in [6.45, 7) is 0. The van der Waals surface area contributed by atoms with E-state index in [-0.39, 0.29) is 17.0 Å². The number of ether oxygens (including phenoxy) is 2. The quantitative estimate of drug-likeness (QED) is 0.309. The Hall–Kier alpha value is -4.91. The van der Waals surface area contributed by atoms with Crippen LogP contribution in [-0.2, 0) is 0 Å². The number of aromatic carboxylic acids is 2. The Morgan fingerprint density at radius 3 is 1.68 bits per heavy atom. The maximum Gasteiger partial charge on any atom is 0.335 e. The molecule has 0 unspecified atom stereocenters. The molecule has 5 aromatic rings. The second-order valence-corrected chi connectivity index (χ2v) is 7.57. The fraction of sp³-hybridized carbons (Fsp3) is 0. The Kier molecular flexibility index (Phi) is 5.27. The first-order chi connectivity index (χ1) is 16.5. The molecule has 7 heteroatoms. The van der Waals surface area contributed by atoms with Crippen molar-refractivity contribution in [1.29, 1.82) is 0 Å². The van der Waals surface area contributed by atoms with Gasteiger partial charge >= 0.3 is 11.9 Å². The summed E-state index contributed by atoms with van der Waals surface area (Å²) < 4.78 is 12.0. The second kappa shape index (κ2) is 8.55. The normalized spacial score (nSPS) is 10.8. The van der Waals surface area contributed by atoms with Crippen LogP contribution in [0.1, 0.15) is 20.7 Å². The van der Waals surface area contributed by atoms with Gasteiger partial charge in [0, 0.05) is 6.20 Å². The number of aromatic nitrogens is 1. The van der Waals surface area contributed by atoms with E-state index in [1.807, 2.05) is 6.07 Å². The van der Waals surface area contributed by atoms with Crippen LogP contribution < -0.4 is 9.47 Å². The Bertz CT molecular complexity index is 1460. The van der Waals surface area contributed by atoms with Crippen LogP contribution in [-0.4, -0.2) is 27.1 Å². The predicted octanol–water partition coefficient (Wildman–Crippen LogP) is 6.37. The van der Waals surface area contributed by atoms with E-state index < -0.39 is 11.9 Å². The molecule has 0 aliphatic heterocycles. The molecule has 0 aliphatic rings. The highest BCUT2D eigenvalue weighted by atomic mass is 16.5. The van der Waals surface area contributed by atoms with Crippen LogP contribution in [0.5, 0.6) is 23.1 Å². The molecule has 0 spiro atoms. The molecular weight excluding hydrogens is 434 g/mol. The van der Waals surface area contributed by atoms with Crippen molar-refractivity contribution in [2.75, 3.05) is 0 Å². The first-order valence-electron chi connectivity index (χ1n) is 10.3. The minimum atomic E-state index is -0.978. The lowest BCUT2D eigenvalue weighted by atomic mass is 10.1. The van der Waals surface area contributed by atoms with E-state index in [4.69, 9.17) is 19.7 Å². The van der Waals surface area contributed by atoms with Crippen molar-refractivity contribution in [3.63, 3.8) is 0 Å². The van der Waals surface area contributed by atoms with Gasteiger partial charge in [-0.15, -0.1) is 0 Å². The molecule has 0 aliphatic carbocycles. The largest absolute Gasteiger partial charge is 0.478 e. The number of nitrogens with zero attached hydrogens (tertiary/aromatic N) is 1. The molecule has 2 N–H and O–H groups in total. The first-order valence-corrected chi connectivity index (χ1v) is 10.3. The summed E-state index contributed by atoms with van der Waals surface area (Å²) in [6.07, 6.45) is 1.59. The maximum atomic E-state index is 11.2.